The maximum atomic E-state index is 4.13. The third-order valence-corrected chi connectivity index (χ3v) is 9.65. The minimum atomic E-state index is 0.295. The van der Waals surface area contributed by atoms with E-state index in [0.717, 1.165) is 41.4 Å². The zero-order valence-corrected chi connectivity index (χ0v) is 12.3. The second-order valence-electron chi connectivity index (χ2n) is 6.14. The summed E-state index contributed by atoms with van der Waals surface area (Å²) in [5.41, 5.74) is 0. The van der Waals surface area contributed by atoms with Crippen LogP contribution < -0.4 is 0 Å². The summed E-state index contributed by atoms with van der Waals surface area (Å²) in [6.45, 7) is 0. The summed E-state index contributed by atoms with van der Waals surface area (Å²) in [6, 6.07) is 0. The van der Waals surface area contributed by atoms with Gasteiger partial charge in [-0.3, -0.25) is 0 Å². The second-order valence-corrected chi connectivity index (χ2v) is 11.3. The van der Waals surface area contributed by atoms with Gasteiger partial charge in [0, 0.05) is 10.2 Å². The molecule has 0 radical (unpaired) electrons. The first-order chi connectivity index (χ1) is 6.57. The van der Waals surface area contributed by atoms with E-state index in [1.807, 2.05) is 0 Å². The molecule has 8 atom stereocenters. The van der Waals surface area contributed by atoms with Crippen LogP contribution in [-0.4, -0.2) is 7.56 Å². The molecule has 8 unspecified atom stereocenters. The number of hydrogen-bond acceptors (Lipinski definition) is 0. The first-order valence-corrected chi connectivity index (χ1v) is 8.01. The van der Waals surface area contributed by atoms with Gasteiger partial charge in [0.25, 0.3) is 0 Å². The molecule has 0 saturated heterocycles. The Bertz CT molecular complexity index is 366. The van der Waals surface area contributed by atoms with E-state index in [4.69, 9.17) is 0 Å². The Hall–Kier alpha value is 1.44. The lowest BCUT2D eigenvalue weighted by Gasteiger charge is -2.38. The Morgan fingerprint density at radius 1 is 0.929 bits per heavy atom. The third-order valence-electron chi connectivity index (χ3n) is 6.26. The van der Waals surface area contributed by atoms with E-state index >= 15 is 0 Å². The van der Waals surface area contributed by atoms with Crippen LogP contribution in [0.25, 0.3) is 0 Å². The lowest BCUT2D eigenvalue weighted by molar-refractivity contribution is 0.149. The van der Waals surface area contributed by atoms with Crippen molar-refractivity contribution in [2.45, 2.75) is 20.4 Å². The summed E-state index contributed by atoms with van der Waals surface area (Å²) < 4.78 is 0.821. The first kappa shape index (κ1) is 8.52. The van der Waals surface area contributed by atoms with Crippen molar-refractivity contribution >= 4 is 47.8 Å². The van der Waals surface area contributed by atoms with Crippen molar-refractivity contribution in [3.05, 3.63) is 0 Å². The smallest absolute Gasteiger partial charge is 0.0846 e. The standard InChI is InChI=1S/C11H11Br3/c12-10-2-5-3-1-4-6(5)9(10)11(13,14)8(4)7(3)10/h3-9H,1-2H2. The normalized spacial score (nSPS) is 78.6. The first-order valence-electron chi connectivity index (χ1n) is 5.63. The Labute approximate surface area is 109 Å². The predicted octanol–water partition coefficient (Wildman–Crippen LogP) is 3.77. The summed E-state index contributed by atoms with van der Waals surface area (Å²) in [5, 5.41) is 0. The van der Waals surface area contributed by atoms with Crippen molar-refractivity contribution in [2.75, 3.05) is 0 Å². The average molecular weight is 383 g/mol. The Morgan fingerprint density at radius 2 is 1.71 bits per heavy atom. The SMILES string of the molecule is BrC1(Br)C2C3CC4C5CC(Br)(C42)C1C53. The molecule has 0 aromatic heterocycles. The number of halogens is 3. The zero-order valence-electron chi connectivity index (χ0n) is 7.59. The Balaban J connectivity index is 1.89. The van der Waals surface area contributed by atoms with Gasteiger partial charge in [-0.15, -0.1) is 0 Å². The van der Waals surface area contributed by atoms with Crippen LogP contribution in [0.5, 0.6) is 0 Å². The highest BCUT2D eigenvalue weighted by atomic mass is 79.9. The Morgan fingerprint density at radius 3 is 2.43 bits per heavy atom. The predicted molar refractivity (Wildman–Crippen MR) is 65.9 cm³/mol. The van der Waals surface area contributed by atoms with E-state index < -0.39 is 0 Å². The highest BCUT2D eigenvalue weighted by Crippen LogP contribution is 2.90. The van der Waals surface area contributed by atoms with E-state index in [2.05, 4.69) is 47.8 Å². The van der Waals surface area contributed by atoms with Crippen molar-refractivity contribution in [2.24, 2.45) is 41.4 Å². The monoisotopic (exact) mass is 380 g/mol. The lowest BCUT2D eigenvalue weighted by atomic mass is 9.71. The van der Waals surface area contributed by atoms with Crippen LogP contribution in [0.15, 0.2) is 0 Å². The van der Waals surface area contributed by atoms with E-state index in [-0.39, 0.29) is 0 Å². The molecular weight excluding hydrogens is 372 g/mol. The minimum absolute atomic E-state index is 0.295. The van der Waals surface area contributed by atoms with Gasteiger partial charge >= 0.3 is 0 Å². The number of alkyl halides is 3. The Kier molecular flexibility index (Phi) is 1.20. The quantitative estimate of drug-likeness (QED) is 0.559. The molecule has 0 amide bonds. The van der Waals surface area contributed by atoms with Crippen LogP contribution in [0.2, 0.25) is 0 Å². The summed E-state index contributed by atoms with van der Waals surface area (Å²) >= 11 is 12.2. The molecule has 0 aliphatic heterocycles. The van der Waals surface area contributed by atoms with E-state index in [0.29, 0.717) is 7.56 Å². The number of rotatable bonds is 0. The van der Waals surface area contributed by atoms with E-state index in [1.54, 1.807) is 6.42 Å². The van der Waals surface area contributed by atoms with Crippen LogP contribution in [0, 0.1) is 41.4 Å². The van der Waals surface area contributed by atoms with Crippen molar-refractivity contribution in [3.63, 3.8) is 0 Å². The maximum absolute atomic E-state index is 4.13. The van der Waals surface area contributed by atoms with E-state index in [1.165, 1.54) is 6.42 Å². The van der Waals surface area contributed by atoms with Gasteiger partial charge in [-0.25, -0.2) is 0 Å². The molecule has 14 heavy (non-hydrogen) atoms. The van der Waals surface area contributed by atoms with Gasteiger partial charge in [0.05, 0.1) is 3.23 Å². The molecular formula is C11H11Br3. The van der Waals surface area contributed by atoms with Gasteiger partial charge in [0.1, 0.15) is 0 Å². The lowest BCUT2D eigenvalue weighted by Crippen LogP contribution is -2.39. The van der Waals surface area contributed by atoms with Gasteiger partial charge in [-0.2, -0.15) is 0 Å². The second kappa shape index (κ2) is 1.96. The molecule has 0 spiro atoms. The van der Waals surface area contributed by atoms with Gasteiger partial charge in [-0.05, 0) is 48.3 Å². The van der Waals surface area contributed by atoms with Crippen molar-refractivity contribution in [1.82, 2.24) is 0 Å². The molecule has 0 nitrogen and oxygen atoms in total. The molecule has 6 aliphatic carbocycles. The largest absolute Gasteiger partial charge is 0.0883 e. The molecule has 6 aliphatic rings. The van der Waals surface area contributed by atoms with Crippen LogP contribution >= 0.6 is 47.8 Å². The molecule has 6 fully saturated rings. The van der Waals surface area contributed by atoms with Gasteiger partial charge in [-0.1, -0.05) is 47.8 Å². The van der Waals surface area contributed by atoms with E-state index in [9.17, 15) is 0 Å². The molecule has 6 rings (SSSR count). The van der Waals surface area contributed by atoms with Gasteiger partial charge < -0.3 is 0 Å². The third kappa shape index (κ3) is 0.533. The summed E-state index contributed by atoms with van der Waals surface area (Å²) in [5.74, 6) is 7.08. The molecule has 6 bridgehead atoms. The molecule has 6 saturated carbocycles. The van der Waals surface area contributed by atoms with Crippen molar-refractivity contribution < 1.29 is 0 Å². The summed E-state index contributed by atoms with van der Waals surface area (Å²) in [7, 11) is 0. The van der Waals surface area contributed by atoms with Crippen molar-refractivity contribution in [3.8, 4) is 0 Å². The zero-order chi connectivity index (χ0) is 9.46. The van der Waals surface area contributed by atoms with Crippen LogP contribution in [-0.2, 0) is 0 Å². The summed E-state index contributed by atoms with van der Waals surface area (Å²) in [6.07, 6.45) is 3.02. The van der Waals surface area contributed by atoms with Crippen LogP contribution in [0.3, 0.4) is 0 Å². The molecule has 0 heterocycles. The van der Waals surface area contributed by atoms with Crippen molar-refractivity contribution in [1.29, 1.82) is 0 Å². The molecule has 0 aromatic carbocycles. The molecule has 3 heteroatoms. The fourth-order valence-corrected chi connectivity index (χ4v) is 11.4. The maximum Gasteiger partial charge on any atom is 0.0883 e. The summed E-state index contributed by atoms with van der Waals surface area (Å²) in [4.78, 5) is 0. The van der Waals surface area contributed by atoms with Gasteiger partial charge in [0.2, 0.25) is 0 Å². The average Bonchev–Trinajstić information content (AvgIpc) is 2.70. The molecule has 0 N–H and O–H groups in total. The highest BCUT2D eigenvalue weighted by Gasteiger charge is 2.88. The van der Waals surface area contributed by atoms with Gasteiger partial charge in [0.15, 0.2) is 0 Å². The molecule has 0 aromatic rings. The molecule has 76 valence electrons. The fourth-order valence-electron chi connectivity index (χ4n) is 6.48. The highest BCUT2D eigenvalue weighted by molar-refractivity contribution is 9.25. The minimum Gasteiger partial charge on any atom is -0.0846 e. The van der Waals surface area contributed by atoms with Crippen LogP contribution in [0.1, 0.15) is 12.8 Å². The number of hydrogen-bond donors (Lipinski definition) is 0. The fraction of sp³-hybridized carbons (Fsp3) is 1.00. The topological polar surface area (TPSA) is 0 Å². The van der Waals surface area contributed by atoms with Crippen LogP contribution in [0.4, 0.5) is 0 Å².